The molecule has 1 aromatic heterocycles. The summed E-state index contributed by atoms with van der Waals surface area (Å²) in [4.78, 5) is 26.7. The first-order valence-corrected chi connectivity index (χ1v) is 12.9. The summed E-state index contributed by atoms with van der Waals surface area (Å²) in [5, 5.41) is 22.1. The van der Waals surface area contributed by atoms with Gasteiger partial charge in [0, 0.05) is 32.5 Å². The minimum atomic E-state index is -0.535. The molecule has 9 heteroatoms. The fourth-order valence-electron chi connectivity index (χ4n) is 3.66. The highest BCUT2D eigenvalue weighted by Crippen LogP contribution is 2.42. The highest BCUT2D eigenvalue weighted by molar-refractivity contribution is 8.03. The topological polar surface area (TPSA) is 94.0 Å². The van der Waals surface area contributed by atoms with Crippen LogP contribution < -0.4 is 16.0 Å². The lowest BCUT2D eigenvalue weighted by Gasteiger charge is -2.29. The molecule has 0 aliphatic carbocycles. The predicted octanol–water partition coefficient (Wildman–Crippen LogP) is 6.11. The van der Waals surface area contributed by atoms with Crippen LogP contribution in [0.3, 0.4) is 0 Å². The van der Waals surface area contributed by atoms with Crippen LogP contribution in [0.25, 0.3) is 0 Å². The third-order valence-corrected chi connectivity index (χ3v) is 7.43. The van der Waals surface area contributed by atoms with E-state index in [2.05, 4.69) is 22.0 Å². The van der Waals surface area contributed by atoms with Crippen LogP contribution in [0.5, 0.6) is 0 Å². The van der Waals surface area contributed by atoms with Crippen LogP contribution in [0, 0.1) is 11.3 Å². The first kappa shape index (κ1) is 24.6. The molecule has 0 saturated carbocycles. The van der Waals surface area contributed by atoms with E-state index in [9.17, 15) is 14.9 Å². The number of nitriles is 1. The van der Waals surface area contributed by atoms with E-state index in [4.69, 9.17) is 11.6 Å². The minimum absolute atomic E-state index is 0.0894. The number of allylic oxidation sites excluding steroid dienone is 2. The van der Waals surface area contributed by atoms with Crippen molar-refractivity contribution in [2.24, 2.45) is 0 Å². The fraction of sp³-hybridized carbons (Fsp3) is 0.115. The second-order valence-electron chi connectivity index (χ2n) is 7.63. The second kappa shape index (κ2) is 11.3. The van der Waals surface area contributed by atoms with Crippen LogP contribution in [-0.2, 0) is 9.59 Å². The predicted molar refractivity (Wildman–Crippen MR) is 143 cm³/mol. The summed E-state index contributed by atoms with van der Waals surface area (Å²) in [6.07, 6.45) is 0. The van der Waals surface area contributed by atoms with Crippen LogP contribution in [0.15, 0.2) is 94.0 Å². The molecule has 0 unspecified atom stereocenters. The van der Waals surface area contributed by atoms with Gasteiger partial charge in [0.1, 0.15) is 0 Å². The number of thiophene rings is 1. The van der Waals surface area contributed by atoms with Gasteiger partial charge in [0.05, 0.1) is 28.3 Å². The zero-order valence-electron chi connectivity index (χ0n) is 18.7. The molecule has 35 heavy (non-hydrogen) atoms. The van der Waals surface area contributed by atoms with Crippen LogP contribution in [0.2, 0.25) is 5.02 Å². The van der Waals surface area contributed by atoms with E-state index in [1.54, 1.807) is 24.3 Å². The standard InChI is InChI=1S/C26H21ClN4O2S2/c1-16-23(25(33)31-18-6-3-2-4-7-18)24(21-8-5-13-34-21)20(14-28)26(29-16)35-15-22(32)30-19-11-9-17(27)10-12-19/h2-13,24,29H,15H2,1H3,(H,30,32)(H,31,33)/t24-/m1/s1. The Hall–Kier alpha value is -3.51. The fourth-order valence-corrected chi connectivity index (χ4v) is 5.52. The van der Waals surface area contributed by atoms with Crippen LogP contribution >= 0.6 is 34.7 Å². The van der Waals surface area contributed by atoms with Gasteiger partial charge >= 0.3 is 0 Å². The molecule has 1 aliphatic heterocycles. The van der Waals surface area contributed by atoms with Gasteiger partial charge in [-0.25, -0.2) is 0 Å². The molecule has 1 aliphatic rings. The number of hydrogen-bond acceptors (Lipinski definition) is 6. The monoisotopic (exact) mass is 520 g/mol. The maximum atomic E-state index is 13.3. The number of rotatable bonds is 7. The highest BCUT2D eigenvalue weighted by Gasteiger charge is 2.35. The van der Waals surface area contributed by atoms with Gasteiger partial charge in [-0.1, -0.05) is 47.6 Å². The summed E-state index contributed by atoms with van der Waals surface area (Å²) in [5.74, 6) is -0.943. The summed E-state index contributed by atoms with van der Waals surface area (Å²) in [6, 6.07) is 22.1. The van der Waals surface area contributed by atoms with Crippen molar-refractivity contribution in [3.63, 3.8) is 0 Å². The Morgan fingerprint density at radius 2 is 1.77 bits per heavy atom. The first-order chi connectivity index (χ1) is 17.0. The molecule has 176 valence electrons. The summed E-state index contributed by atoms with van der Waals surface area (Å²) >= 11 is 8.61. The number of nitrogens with one attached hydrogen (secondary N) is 3. The number of hydrogen-bond donors (Lipinski definition) is 3. The van der Waals surface area contributed by atoms with Gasteiger partial charge in [0.2, 0.25) is 5.91 Å². The van der Waals surface area contributed by atoms with Crippen molar-refractivity contribution in [2.45, 2.75) is 12.8 Å². The highest BCUT2D eigenvalue weighted by atomic mass is 35.5. The molecule has 0 radical (unpaired) electrons. The van der Waals surface area contributed by atoms with Gasteiger partial charge in [-0.15, -0.1) is 11.3 Å². The van der Waals surface area contributed by atoms with Crippen molar-refractivity contribution in [1.29, 1.82) is 5.26 Å². The average molecular weight is 521 g/mol. The maximum absolute atomic E-state index is 13.3. The molecule has 0 bridgehead atoms. The molecule has 0 spiro atoms. The number of para-hydroxylation sites is 1. The molecule has 6 nitrogen and oxygen atoms in total. The Labute approximate surface area is 216 Å². The Kier molecular flexibility index (Phi) is 7.93. The normalized spacial score (nSPS) is 15.3. The van der Waals surface area contributed by atoms with E-state index in [-0.39, 0.29) is 17.6 Å². The van der Waals surface area contributed by atoms with E-state index in [0.717, 1.165) is 4.88 Å². The Morgan fingerprint density at radius 1 is 1.06 bits per heavy atom. The Bertz CT molecular complexity index is 1330. The van der Waals surface area contributed by atoms with Crippen LogP contribution in [0.1, 0.15) is 17.7 Å². The zero-order chi connectivity index (χ0) is 24.8. The number of amides is 2. The van der Waals surface area contributed by atoms with E-state index in [0.29, 0.717) is 38.3 Å². The molecule has 0 saturated heterocycles. The number of benzene rings is 2. The maximum Gasteiger partial charge on any atom is 0.254 e. The van der Waals surface area contributed by atoms with Gasteiger partial charge in [-0.05, 0) is 54.8 Å². The molecular weight excluding hydrogens is 500 g/mol. The largest absolute Gasteiger partial charge is 0.353 e. The molecule has 1 atom stereocenters. The van der Waals surface area contributed by atoms with E-state index >= 15 is 0 Å². The third kappa shape index (κ3) is 5.95. The van der Waals surface area contributed by atoms with Gasteiger partial charge in [0.15, 0.2) is 0 Å². The zero-order valence-corrected chi connectivity index (χ0v) is 21.1. The van der Waals surface area contributed by atoms with Crippen molar-refractivity contribution in [3.05, 3.63) is 104 Å². The molecule has 3 N–H and O–H groups in total. The third-order valence-electron chi connectivity index (χ3n) is 5.23. The number of thioether (sulfide) groups is 1. The van der Waals surface area contributed by atoms with Crippen molar-refractivity contribution in [1.82, 2.24) is 5.32 Å². The summed E-state index contributed by atoms with van der Waals surface area (Å²) in [7, 11) is 0. The molecule has 3 aromatic rings. The number of carbonyl (C=O) groups is 2. The molecule has 0 fully saturated rings. The molecule has 2 aromatic carbocycles. The van der Waals surface area contributed by atoms with E-state index < -0.39 is 5.92 Å². The number of carbonyl (C=O) groups excluding carboxylic acids is 2. The van der Waals surface area contributed by atoms with Gasteiger partial charge in [-0.3, -0.25) is 9.59 Å². The van der Waals surface area contributed by atoms with Crippen molar-refractivity contribution in [3.8, 4) is 6.07 Å². The number of halogens is 1. The van der Waals surface area contributed by atoms with Crippen molar-refractivity contribution in [2.75, 3.05) is 16.4 Å². The average Bonchev–Trinajstić information content (AvgIpc) is 3.39. The van der Waals surface area contributed by atoms with Crippen LogP contribution in [0.4, 0.5) is 11.4 Å². The van der Waals surface area contributed by atoms with Crippen molar-refractivity contribution < 1.29 is 9.59 Å². The molecular formula is C26H21ClN4O2S2. The van der Waals surface area contributed by atoms with E-state index in [1.165, 1.54) is 23.1 Å². The van der Waals surface area contributed by atoms with Gasteiger partial charge in [-0.2, -0.15) is 5.26 Å². The van der Waals surface area contributed by atoms with Gasteiger partial charge < -0.3 is 16.0 Å². The summed E-state index contributed by atoms with van der Waals surface area (Å²) < 4.78 is 0. The van der Waals surface area contributed by atoms with E-state index in [1.807, 2.05) is 54.8 Å². The summed E-state index contributed by atoms with van der Waals surface area (Å²) in [6.45, 7) is 1.81. The SMILES string of the molecule is CC1=C(C(=O)Nc2ccccc2)[C@@H](c2cccs2)C(C#N)=C(SCC(=O)Nc2ccc(Cl)cc2)N1. The quantitative estimate of drug-likeness (QED) is 0.349. The first-order valence-electron chi connectivity index (χ1n) is 10.7. The second-order valence-corrected chi connectivity index (χ2v) is 10.0. The molecule has 2 heterocycles. The van der Waals surface area contributed by atoms with Gasteiger partial charge in [0.25, 0.3) is 5.91 Å². The number of nitrogens with zero attached hydrogens (tertiary/aromatic N) is 1. The lowest BCUT2D eigenvalue weighted by Crippen LogP contribution is -2.30. The lowest BCUT2D eigenvalue weighted by atomic mass is 9.86. The van der Waals surface area contributed by atoms with Crippen LogP contribution in [-0.4, -0.2) is 17.6 Å². The van der Waals surface area contributed by atoms with Crippen molar-refractivity contribution >= 4 is 57.9 Å². The number of dihydropyridines is 1. The molecule has 4 rings (SSSR count). The summed E-state index contributed by atoms with van der Waals surface area (Å²) in [5.41, 5.74) is 2.82. The molecule has 2 amide bonds. The minimum Gasteiger partial charge on any atom is -0.353 e. The Balaban J connectivity index is 1.57. The lowest BCUT2D eigenvalue weighted by molar-refractivity contribution is -0.114. The smallest absolute Gasteiger partial charge is 0.254 e. The number of anilines is 2. The Morgan fingerprint density at radius 3 is 2.43 bits per heavy atom.